The molecule has 0 spiro atoms. The third kappa shape index (κ3) is 3.62. The number of halogens is 1. The quantitative estimate of drug-likeness (QED) is 0.753. The fraction of sp³-hybridized carbons (Fsp3) is 0.500. The minimum Gasteiger partial charge on any atom is -0.508 e. The predicted molar refractivity (Wildman–Crippen MR) is 113 cm³/mol. The molecule has 3 aliphatic rings. The molecule has 0 radical (unpaired) electrons. The summed E-state index contributed by atoms with van der Waals surface area (Å²) in [5.74, 6) is 2.07. The van der Waals surface area contributed by atoms with Crippen molar-refractivity contribution in [1.82, 2.24) is 4.90 Å². The van der Waals surface area contributed by atoms with Crippen LogP contribution in [0.25, 0.3) is 0 Å². The Morgan fingerprint density at radius 2 is 1.89 bits per heavy atom. The number of piperidine rings is 1. The first-order chi connectivity index (χ1) is 12.7. The molecule has 0 unspecified atom stereocenters. The Morgan fingerprint density at radius 3 is 2.70 bits per heavy atom. The highest BCUT2D eigenvalue weighted by Crippen LogP contribution is 2.51. The average molecular weight is 384 g/mol. The third-order valence-electron chi connectivity index (χ3n) is 7.29. The zero-order valence-corrected chi connectivity index (χ0v) is 16.7. The van der Waals surface area contributed by atoms with Gasteiger partial charge in [-0.2, -0.15) is 0 Å². The van der Waals surface area contributed by atoms with E-state index in [1.807, 2.05) is 12.1 Å². The van der Waals surface area contributed by atoms with Crippen molar-refractivity contribution in [3.8, 4) is 5.75 Å². The van der Waals surface area contributed by atoms with Gasteiger partial charge >= 0.3 is 0 Å². The van der Waals surface area contributed by atoms with Crippen molar-refractivity contribution in [2.45, 2.75) is 55.9 Å². The summed E-state index contributed by atoms with van der Waals surface area (Å²) in [5, 5.41) is 9.94. The lowest BCUT2D eigenvalue weighted by Gasteiger charge is -2.51. The molecule has 0 amide bonds. The maximum atomic E-state index is 9.94. The van der Waals surface area contributed by atoms with Crippen molar-refractivity contribution in [2.75, 3.05) is 13.1 Å². The molecule has 144 valence electrons. The second-order valence-electron chi connectivity index (χ2n) is 8.84. The molecule has 1 N–H and O–H groups in total. The van der Waals surface area contributed by atoms with Crippen molar-refractivity contribution in [3.63, 3.8) is 0 Å². The van der Waals surface area contributed by atoms with Crippen LogP contribution < -0.4 is 0 Å². The summed E-state index contributed by atoms with van der Waals surface area (Å²) in [6, 6.07) is 19.9. The van der Waals surface area contributed by atoms with Crippen LogP contribution in [0.1, 0.15) is 55.6 Å². The number of likely N-dealkylation sites (tertiary alicyclic amines) is 1. The summed E-state index contributed by atoms with van der Waals surface area (Å²) < 4.78 is 0. The maximum absolute atomic E-state index is 9.94. The third-order valence-corrected chi connectivity index (χ3v) is 7.29. The highest BCUT2D eigenvalue weighted by Gasteiger charge is 2.46. The van der Waals surface area contributed by atoms with Gasteiger partial charge in [0.15, 0.2) is 0 Å². The number of aromatic hydroxyl groups is 1. The largest absolute Gasteiger partial charge is 0.508 e. The van der Waals surface area contributed by atoms with Crippen molar-refractivity contribution in [1.29, 1.82) is 0 Å². The van der Waals surface area contributed by atoms with Crippen LogP contribution in [-0.4, -0.2) is 29.1 Å². The van der Waals surface area contributed by atoms with Gasteiger partial charge in [-0.05, 0) is 79.2 Å². The SMILES string of the molecule is Cl.Oc1cccc([C@]23CCC[C@H](C2)N(C[C@H]2C[C@H]2c2ccccc2)CC3)c1. The average Bonchev–Trinajstić information content (AvgIpc) is 3.45. The number of rotatable bonds is 4. The van der Waals surface area contributed by atoms with E-state index < -0.39 is 0 Å². The summed E-state index contributed by atoms with van der Waals surface area (Å²) in [4.78, 5) is 2.80. The monoisotopic (exact) mass is 383 g/mol. The van der Waals surface area contributed by atoms with Crippen molar-refractivity contribution in [3.05, 3.63) is 65.7 Å². The van der Waals surface area contributed by atoms with Gasteiger partial charge in [-0.1, -0.05) is 48.9 Å². The van der Waals surface area contributed by atoms with E-state index in [9.17, 15) is 5.11 Å². The van der Waals surface area contributed by atoms with Gasteiger partial charge in [0.2, 0.25) is 0 Å². The molecule has 4 atom stereocenters. The lowest BCUT2D eigenvalue weighted by molar-refractivity contribution is 0.0478. The zero-order chi connectivity index (χ0) is 17.6. The molecular weight excluding hydrogens is 354 g/mol. The van der Waals surface area contributed by atoms with Crippen molar-refractivity contribution >= 4 is 12.4 Å². The van der Waals surface area contributed by atoms with E-state index in [2.05, 4.69) is 41.3 Å². The first kappa shape index (κ1) is 18.8. The van der Waals surface area contributed by atoms with E-state index in [0.29, 0.717) is 11.2 Å². The molecule has 2 bridgehead atoms. The van der Waals surface area contributed by atoms with Crippen LogP contribution in [0.5, 0.6) is 5.75 Å². The molecule has 3 heteroatoms. The van der Waals surface area contributed by atoms with Gasteiger partial charge < -0.3 is 10.0 Å². The lowest BCUT2D eigenvalue weighted by atomic mass is 9.63. The van der Waals surface area contributed by atoms with Gasteiger partial charge in [-0.25, -0.2) is 0 Å². The van der Waals surface area contributed by atoms with E-state index in [-0.39, 0.29) is 12.4 Å². The number of benzene rings is 2. The summed E-state index contributed by atoms with van der Waals surface area (Å²) in [6.45, 7) is 2.50. The fourth-order valence-electron chi connectivity index (χ4n) is 5.75. The molecular formula is C24H30ClNO. The molecule has 1 heterocycles. The minimum atomic E-state index is 0. The molecule has 0 aromatic heterocycles. The van der Waals surface area contributed by atoms with Crippen LogP contribution in [0, 0.1) is 5.92 Å². The van der Waals surface area contributed by atoms with Gasteiger partial charge in [-0.15, -0.1) is 12.4 Å². The number of phenolic OH excluding ortho intramolecular Hbond substituents is 1. The highest BCUT2D eigenvalue weighted by atomic mass is 35.5. The summed E-state index contributed by atoms with van der Waals surface area (Å²) >= 11 is 0. The lowest BCUT2D eigenvalue weighted by Crippen LogP contribution is -2.52. The van der Waals surface area contributed by atoms with Crippen molar-refractivity contribution < 1.29 is 5.11 Å². The van der Waals surface area contributed by atoms with Crippen LogP contribution in [0.2, 0.25) is 0 Å². The summed E-state index contributed by atoms with van der Waals surface area (Å²) in [5.41, 5.74) is 3.21. The van der Waals surface area contributed by atoms with E-state index >= 15 is 0 Å². The number of hydrogen-bond donors (Lipinski definition) is 1. The Morgan fingerprint density at radius 1 is 1.04 bits per heavy atom. The summed E-state index contributed by atoms with van der Waals surface area (Å²) in [6.07, 6.45) is 7.85. The Bertz CT molecular complexity index is 779. The smallest absolute Gasteiger partial charge is 0.115 e. The Kier molecular flexibility index (Phi) is 5.22. The Hall–Kier alpha value is -1.51. The fourth-order valence-corrected chi connectivity index (χ4v) is 5.75. The predicted octanol–water partition coefficient (Wildman–Crippen LogP) is 5.50. The highest BCUT2D eigenvalue weighted by molar-refractivity contribution is 5.85. The maximum Gasteiger partial charge on any atom is 0.115 e. The Balaban J connectivity index is 0.00000180. The molecule has 1 aliphatic heterocycles. The van der Waals surface area contributed by atoms with Gasteiger partial charge in [0, 0.05) is 12.6 Å². The van der Waals surface area contributed by atoms with E-state index in [1.54, 1.807) is 6.07 Å². The van der Waals surface area contributed by atoms with E-state index in [1.165, 1.54) is 62.7 Å². The zero-order valence-electron chi connectivity index (χ0n) is 15.9. The Labute approximate surface area is 169 Å². The number of fused-ring (bicyclic) bond motifs is 2. The van der Waals surface area contributed by atoms with E-state index in [4.69, 9.17) is 0 Å². The first-order valence-electron chi connectivity index (χ1n) is 10.3. The standard InChI is InChI=1S/C24H29NO.ClH/c26-22-10-4-8-20(15-22)24-11-5-9-21(16-24)25(13-12-24)17-19-14-23(19)18-6-2-1-3-7-18;/h1-4,6-8,10,15,19,21,23,26H,5,9,11-14,16-17H2;1H/t19-,21-,23+,24+;/m1./s1. The van der Waals surface area contributed by atoms with Gasteiger partial charge in [0.05, 0.1) is 0 Å². The molecule has 27 heavy (non-hydrogen) atoms. The molecule has 1 saturated heterocycles. The molecule has 2 nitrogen and oxygen atoms in total. The van der Waals surface area contributed by atoms with E-state index in [0.717, 1.165) is 17.9 Å². The van der Waals surface area contributed by atoms with Crippen LogP contribution in [0.4, 0.5) is 0 Å². The molecule has 2 aromatic carbocycles. The summed E-state index contributed by atoms with van der Waals surface area (Å²) in [7, 11) is 0. The van der Waals surface area contributed by atoms with Crippen molar-refractivity contribution in [2.24, 2.45) is 5.92 Å². The molecule has 3 fully saturated rings. The molecule has 5 rings (SSSR count). The van der Waals surface area contributed by atoms with Gasteiger partial charge in [0.25, 0.3) is 0 Å². The normalized spacial score (nSPS) is 32.5. The first-order valence-corrected chi connectivity index (χ1v) is 10.3. The minimum absolute atomic E-state index is 0. The van der Waals surface area contributed by atoms with Gasteiger partial charge in [-0.3, -0.25) is 0 Å². The van der Waals surface area contributed by atoms with Gasteiger partial charge in [0.1, 0.15) is 5.75 Å². The topological polar surface area (TPSA) is 23.5 Å². The number of hydrogen-bond acceptors (Lipinski definition) is 2. The van der Waals surface area contributed by atoms with Crippen LogP contribution >= 0.6 is 12.4 Å². The number of phenols is 1. The van der Waals surface area contributed by atoms with Crippen LogP contribution in [0.3, 0.4) is 0 Å². The molecule has 2 saturated carbocycles. The van der Waals surface area contributed by atoms with Crippen LogP contribution in [-0.2, 0) is 5.41 Å². The number of nitrogens with zero attached hydrogens (tertiary/aromatic N) is 1. The van der Waals surface area contributed by atoms with Crippen LogP contribution in [0.15, 0.2) is 54.6 Å². The molecule has 2 aliphatic carbocycles. The molecule has 2 aromatic rings. The second kappa shape index (κ2) is 7.48. The second-order valence-corrected chi connectivity index (χ2v) is 8.84.